The molecule has 0 bridgehead atoms. The van der Waals surface area contributed by atoms with E-state index in [0.29, 0.717) is 24.4 Å². The van der Waals surface area contributed by atoms with Crippen molar-refractivity contribution in [2.24, 2.45) is 0 Å². The Morgan fingerprint density at radius 1 is 1.13 bits per heavy atom. The number of nitriles is 1. The molecule has 2 rings (SSSR count). The number of rotatable bonds is 6. The Hall–Kier alpha value is -2.80. The average Bonchev–Trinajstić information content (AvgIpc) is 2.56. The number of hydrogen-bond donors (Lipinski definition) is 2. The van der Waals surface area contributed by atoms with Gasteiger partial charge in [-0.05, 0) is 41.8 Å². The Morgan fingerprint density at radius 3 is 2.48 bits per heavy atom. The summed E-state index contributed by atoms with van der Waals surface area (Å²) in [5, 5.41) is 14.9. The molecule has 23 heavy (non-hydrogen) atoms. The molecular formula is C19H21N3O. The fourth-order valence-corrected chi connectivity index (χ4v) is 2.31. The molecule has 118 valence electrons. The summed E-state index contributed by atoms with van der Waals surface area (Å²) >= 11 is 0. The van der Waals surface area contributed by atoms with Crippen molar-refractivity contribution in [2.75, 3.05) is 17.2 Å². The number of nitrogens with one attached hydrogen (secondary N) is 2. The molecule has 1 amide bonds. The molecule has 0 fully saturated rings. The zero-order valence-electron chi connectivity index (χ0n) is 13.5. The predicted molar refractivity (Wildman–Crippen MR) is 93.4 cm³/mol. The molecule has 0 aromatic heterocycles. The fourth-order valence-electron chi connectivity index (χ4n) is 2.31. The highest BCUT2D eigenvalue weighted by atomic mass is 16.1. The third-order valence-corrected chi connectivity index (χ3v) is 3.55. The van der Waals surface area contributed by atoms with E-state index in [-0.39, 0.29) is 5.91 Å². The van der Waals surface area contributed by atoms with Crippen molar-refractivity contribution in [3.63, 3.8) is 0 Å². The highest BCUT2D eigenvalue weighted by Gasteiger charge is 2.08. The molecule has 4 nitrogen and oxygen atoms in total. The van der Waals surface area contributed by atoms with Gasteiger partial charge in [-0.25, -0.2) is 0 Å². The zero-order chi connectivity index (χ0) is 16.7. The van der Waals surface area contributed by atoms with Gasteiger partial charge >= 0.3 is 0 Å². The first-order valence-electron chi connectivity index (χ1n) is 7.73. The first kappa shape index (κ1) is 16.6. The number of anilines is 2. The van der Waals surface area contributed by atoms with E-state index < -0.39 is 0 Å². The van der Waals surface area contributed by atoms with Crippen molar-refractivity contribution in [1.29, 1.82) is 5.26 Å². The van der Waals surface area contributed by atoms with Crippen LogP contribution in [0.15, 0.2) is 48.5 Å². The van der Waals surface area contributed by atoms with Gasteiger partial charge in [0.2, 0.25) is 5.91 Å². The summed E-state index contributed by atoms with van der Waals surface area (Å²) in [7, 11) is 0. The van der Waals surface area contributed by atoms with Crippen LogP contribution in [-0.4, -0.2) is 12.5 Å². The zero-order valence-corrected chi connectivity index (χ0v) is 13.5. The molecule has 0 saturated heterocycles. The number of hydrogen-bond acceptors (Lipinski definition) is 3. The normalized spacial score (nSPS) is 10.2. The fraction of sp³-hybridized carbons (Fsp3) is 0.263. The minimum atomic E-state index is -0.0146. The first-order chi connectivity index (χ1) is 11.1. The van der Waals surface area contributed by atoms with E-state index in [4.69, 9.17) is 5.26 Å². The van der Waals surface area contributed by atoms with Crippen molar-refractivity contribution < 1.29 is 4.79 Å². The van der Waals surface area contributed by atoms with Crippen LogP contribution in [0.25, 0.3) is 0 Å². The summed E-state index contributed by atoms with van der Waals surface area (Å²) < 4.78 is 0. The van der Waals surface area contributed by atoms with E-state index >= 15 is 0 Å². The van der Waals surface area contributed by atoms with Gasteiger partial charge in [-0.1, -0.05) is 32.0 Å². The average molecular weight is 307 g/mol. The highest BCUT2D eigenvalue weighted by Crippen LogP contribution is 2.23. The quantitative estimate of drug-likeness (QED) is 0.843. The number of carbonyl (C=O) groups is 1. The van der Waals surface area contributed by atoms with Crippen molar-refractivity contribution in [1.82, 2.24) is 0 Å². The lowest BCUT2D eigenvalue weighted by molar-refractivity contribution is -0.115. The third-order valence-electron chi connectivity index (χ3n) is 3.55. The number of amides is 1. The topological polar surface area (TPSA) is 64.9 Å². The van der Waals surface area contributed by atoms with Gasteiger partial charge in [0.1, 0.15) is 0 Å². The highest BCUT2D eigenvalue weighted by molar-refractivity contribution is 5.91. The standard InChI is InChI=1S/C19H21N3O/c1-14(2)17-5-3-4-6-18(17)22-19(23)11-12-21-16-9-7-15(13-20)8-10-16/h3-10,14,21H,11-12H2,1-2H3,(H,22,23). The van der Waals surface area contributed by atoms with Gasteiger partial charge in [0.05, 0.1) is 11.6 Å². The molecule has 0 spiro atoms. The molecule has 0 saturated carbocycles. The largest absolute Gasteiger partial charge is 0.385 e. The smallest absolute Gasteiger partial charge is 0.226 e. The summed E-state index contributed by atoms with van der Waals surface area (Å²) in [6, 6.07) is 17.1. The third kappa shape index (κ3) is 4.86. The van der Waals surface area contributed by atoms with Crippen LogP contribution < -0.4 is 10.6 Å². The molecule has 0 atom stereocenters. The molecule has 2 aromatic carbocycles. The lowest BCUT2D eigenvalue weighted by atomic mass is 10.0. The minimum Gasteiger partial charge on any atom is -0.385 e. The maximum Gasteiger partial charge on any atom is 0.226 e. The minimum absolute atomic E-state index is 0.0146. The molecule has 0 radical (unpaired) electrons. The molecular weight excluding hydrogens is 286 g/mol. The molecule has 0 aliphatic heterocycles. The predicted octanol–water partition coefficient (Wildman–Crippen LogP) is 4.12. The van der Waals surface area contributed by atoms with Crippen LogP contribution in [0, 0.1) is 11.3 Å². The van der Waals surface area contributed by atoms with Gasteiger partial charge in [0.15, 0.2) is 0 Å². The van der Waals surface area contributed by atoms with Gasteiger partial charge < -0.3 is 10.6 Å². The van der Waals surface area contributed by atoms with Gasteiger partial charge in [-0.15, -0.1) is 0 Å². The monoisotopic (exact) mass is 307 g/mol. The van der Waals surface area contributed by atoms with Crippen LogP contribution in [0.1, 0.15) is 37.3 Å². The summed E-state index contributed by atoms with van der Waals surface area (Å²) in [4.78, 5) is 12.1. The molecule has 0 aliphatic rings. The van der Waals surface area contributed by atoms with E-state index in [1.54, 1.807) is 12.1 Å². The number of nitrogens with zero attached hydrogens (tertiary/aromatic N) is 1. The molecule has 2 N–H and O–H groups in total. The molecule has 2 aromatic rings. The summed E-state index contributed by atoms with van der Waals surface area (Å²) in [6.45, 7) is 4.76. The van der Waals surface area contributed by atoms with Crippen LogP contribution in [0.2, 0.25) is 0 Å². The summed E-state index contributed by atoms with van der Waals surface area (Å²) in [5.41, 5.74) is 3.55. The van der Waals surface area contributed by atoms with Crippen LogP contribution in [0.4, 0.5) is 11.4 Å². The van der Waals surface area contributed by atoms with E-state index in [1.165, 1.54) is 0 Å². The van der Waals surface area contributed by atoms with Crippen LogP contribution in [0.3, 0.4) is 0 Å². The van der Waals surface area contributed by atoms with Gasteiger partial charge in [0, 0.05) is 24.3 Å². The lowest BCUT2D eigenvalue weighted by Crippen LogP contribution is -2.17. The van der Waals surface area contributed by atoms with E-state index in [9.17, 15) is 4.79 Å². The van der Waals surface area contributed by atoms with Crippen LogP contribution in [0.5, 0.6) is 0 Å². The Kier molecular flexibility index (Phi) is 5.76. The van der Waals surface area contributed by atoms with Crippen LogP contribution >= 0.6 is 0 Å². The van der Waals surface area contributed by atoms with Gasteiger partial charge in [0.25, 0.3) is 0 Å². The lowest BCUT2D eigenvalue weighted by Gasteiger charge is -2.14. The Labute approximate surface area is 137 Å². The van der Waals surface area contributed by atoms with Gasteiger partial charge in [-0.2, -0.15) is 5.26 Å². The first-order valence-corrected chi connectivity index (χ1v) is 7.73. The van der Waals surface area contributed by atoms with Crippen molar-refractivity contribution in [3.8, 4) is 6.07 Å². The van der Waals surface area contributed by atoms with E-state index in [1.807, 2.05) is 36.4 Å². The summed E-state index contributed by atoms with van der Waals surface area (Å²) in [5.74, 6) is 0.350. The second-order valence-corrected chi connectivity index (χ2v) is 5.66. The van der Waals surface area contributed by atoms with E-state index in [0.717, 1.165) is 16.9 Å². The van der Waals surface area contributed by atoms with Crippen molar-refractivity contribution in [2.45, 2.75) is 26.2 Å². The molecule has 0 unspecified atom stereocenters. The Bertz CT molecular complexity index is 699. The van der Waals surface area contributed by atoms with Crippen molar-refractivity contribution in [3.05, 3.63) is 59.7 Å². The number of benzene rings is 2. The molecule has 0 aliphatic carbocycles. The van der Waals surface area contributed by atoms with E-state index in [2.05, 4.69) is 30.6 Å². The number of carbonyl (C=O) groups excluding carboxylic acids is 1. The maximum absolute atomic E-state index is 12.1. The maximum atomic E-state index is 12.1. The van der Waals surface area contributed by atoms with Gasteiger partial charge in [-0.3, -0.25) is 4.79 Å². The molecule has 0 heterocycles. The van der Waals surface area contributed by atoms with Crippen LogP contribution in [-0.2, 0) is 4.79 Å². The second kappa shape index (κ2) is 8.00. The Balaban J connectivity index is 1.85. The number of para-hydroxylation sites is 1. The molecule has 4 heteroatoms. The summed E-state index contributed by atoms with van der Waals surface area (Å²) in [6.07, 6.45) is 0.381. The second-order valence-electron chi connectivity index (χ2n) is 5.66. The SMILES string of the molecule is CC(C)c1ccccc1NC(=O)CCNc1ccc(C#N)cc1. The van der Waals surface area contributed by atoms with Crippen molar-refractivity contribution >= 4 is 17.3 Å². The Morgan fingerprint density at radius 2 is 1.83 bits per heavy atom.